The quantitative estimate of drug-likeness (QED) is 0.489. The lowest BCUT2D eigenvalue weighted by molar-refractivity contribution is 0.102. The van der Waals surface area contributed by atoms with Crippen LogP contribution in [0, 0.1) is 6.92 Å². The van der Waals surface area contributed by atoms with Crippen molar-refractivity contribution in [3.05, 3.63) is 59.4 Å². The maximum Gasteiger partial charge on any atom is 0.276 e. The van der Waals surface area contributed by atoms with Crippen molar-refractivity contribution in [2.45, 2.75) is 26.4 Å². The Labute approximate surface area is 209 Å². The Bertz CT molecular complexity index is 1230. The Balaban J connectivity index is 1.64. The molecule has 1 saturated heterocycles. The minimum absolute atomic E-state index is 0.0264. The molecule has 1 aliphatic rings. The Kier molecular flexibility index (Phi) is 7.76. The fraction of sp³-hybridized carbons (Fsp3) is 0.385. The number of aromatic nitrogens is 3. The smallest absolute Gasteiger partial charge is 0.276 e. The first-order valence-electron chi connectivity index (χ1n) is 11.8. The fourth-order valence-corrected chi connectivity index (χ4v) is 3.83. The second-order valence-corrected chi connectivity index (χ2v) is 9.01. The van der Waals surface area contributed by atoms with E-state index < -0.39 is 11.6 Å². The predicted molar refractivity (Wildman–Crippen MR) is 134 cm³/mol. The molecule has 3 aromatic rings. The normalized spacial score (nSPS) is 14.0. The third kappa shape index (κ3) is 6.13. The number of carbonyl (C=O) groups excluding carboxylic acids is 1. The number of morpholine rings is 1. The number of carbonyl (C=O) groups is 1. The molecule has 0 radical (unpaired) electrons. The van der Waals surface area contributed by atoms with E-state index in [9.17, 15) is 14.3 Å². The molecular weight excluding hydrogens is 465 g/mol. The second kappa shape index (κ2) is 11.0. The lowest BCUT2D eigenvalue weighted by Crippen LogP contribution is -2.36. The summed E-state index contributed by atoms with van der Waals surface area (Å²) in [6, 6.07) is 10.7. The third-order valence-electron chi connectivity index (χ3n) is 5.84. The first-order chi connectivity index (χ1) is 17.2. The van der Waals surface area contributed by atoms with Gasteiger partial charge in [-0.05, 0) is 61.7 Å². The molecule has 0 aliphatic carbocycles. The van der Waals surface area contributed by atoms with Crippen LogP contribution < -0.4 is 15.0 Å². The van der Waals surface area contributed by atoms with Crippen LogP contribution in [-0.2, 0) is 10.4 Å². The summed E-state index contributed by atoms with van der Waals surface area (Å²) < 4.78 is 25.4. The summed E-state index contributed by atoms with van der Waals surface area (Å²) in [6.07, 6.45) is 1.31. The number of alkyl halides is 1. The van der Waals surface area contributed by atoms with E-state index >= 15 is 0 Å². The van der Waals surface area contributed by atoms with Gasteiger partial charge in [0, 0.05) is 30.4 Å². The van der Waals surface area contributed by atoms with Crippen LogP contribution in [0.1, 0.15) is 35.5 Å². The summed E-state index contributed by atoms with van der Waals surface area (Å²) in [6.45, 7) is 7.43. The van der Waals surface area contributed by atoms with Gasteiger partial charge in [-0.1, -0.05) is 6.07 Å². The van der Waals surface area contributed by atoms with Gasteiger partial charge in [-0.25, -0.2) is 4.39 Å². The van der Waals surface area contributed by atoms with Crippen LogP contribution in [0.25, 0.3) is 11.1 Å². The molecule has 1 aliphatic heterocycles. The number of rotatable bonds is 8. The minimum Gasteiger partial charge on any atom is -0.475 e. The zero-order valence-corrected chi connectivity index (χ0v) is 20.6. The number of ether oxygens (including phenoxy) is 2. The Hall–Kier alpha value is -3.63. The van der Waals surface area contributed by atoms with Crippen LogP contribution in [0.15, 0.2) is 42.6 Å². The molecule has 0 saturated carbocycles. The van der Waals surface area contributed by atoms with Crippen molar-refractivity contribution in [1.82, 2.24) is 15.2 Å². The molecule has 190 valence electrons. The largest absolute Gasteiger partial charge is 0.475 e. The van der Waals surface area contributed by atoms with Gasteiger partial charge in [0.1, 0.15) is 18.1 Å². The highest BCUT2D eigenvalue weighted by Gasteiger charge is 2.22. The molecule has 4 rings (SSSR count). The molecule has 36 heavy (non-hydrogen) atoms. The second-order valence-electron chi connectivity index (χ2n) is 9.01. The summed E-state index contributed by atoms with van der Waals surface area (Å²) in [5.41, 5.74) is 1.93. The Morgan fingerprint density at radius 3 is 2.72 bits per heavy atom. The SMILES string of the molecule is Cc1ccc(NC(=O)c2cc(C(C)(C)F)cnn2)cc1-c1cc(OCCO)nc(N2CCOCC2)c1. The van der Waals surface area contributed by atoms with Crippen LogP contribution in [0.4, 0.5) is 15.9 Å². The number of pyridine rings is 1. The molecule has 0 atom stereocenters. The summed E-state index contributed by atoms with van der Waals surface area (Å²) >= 11 is 0. The van der Waals surface area contributed by atoms with Gasteiger partial charge < -0.3 is 24.8 Å². The molecule has 2 aromatic heterocycles. The Morgan fingerprint density at radius 2 is 2.00 bits per heavy atom. The molecular formula is C26H30FN5O4. The number of hydrogen-bond donors (Lipinski definition) is 2. The van der Waals surface area contributed by atoms with Gasteiger partial charge in [-0.15, -0.1) is 5.10 Å². The van der Waals surface area contributed by atoms with Crippen LogP contribution in [0.2, 0.25) is 0 Å². The van der Waals surface area contributed by atoms with Gasteiger partial charge in [0.05, 0.1) is 26.0 Å². The van der Waals surface area contributed by atoms with Crippen molar-refractivity contribution in [3.8, 4) is 17.0 Å². The van der Waals surface area contributed by atoms with Crippen molar-refractivity contribution in [2.24, 2.45) is 0 Å². The number of hydrogen-bond acceptors (Lipinski definition) is 8. The summed E-state index contributed by atoms with van der Waals surface area (Å²) in [4.78, 5) is 19.6. The number of halogens is 1. The number of anilines is 2. The van der Waals surface area contributed by atoms with E-state index in [1.807, 2.05) is 31.2 Å². The highest BCUT2D eigenvalue weighted by atomic mass is 19.1. The zero-order chi connectivity index (χ0) is 25.7. The van der Waals surface area contributed by atoms with Crippen LogP contribution in [0.5, 0.6) is 5.88 Å². The average molecular weight is 496 g/mol. The maximum atomic E-state index is 14.3. The van der Waals surface area contributed by atoms with E-state index in [1.54, 1.807) is 6.07 Å². The summed E-state index contributed by atoms with van der Waals surface area (Å²) in [5.74, 6) is 0.662. The highest BCUT2D eigenvalue weighted by Crippen LogP contribution is 2.32. The van der Waals surface area contributed by atoms with Crippen LogP contribution >= 0.6 is 0 Å². The summed E-state index contributed by atoms with van der Waals surface area (Å²) in [5, 5.41) is 19.7. The predicted octanol–water partition coefficient (Wildman–Crippen LogP) is 3.51. The van der Waals surface area contributed by atoms with Gasteiger partial charge in [0.15, 0.2) is 5.69 Å². The molecule has 9 nitrogen and oxygen atoms in total. The first kappa shape index (κ1) is 25.5. The minimum atomic E-state index is -1.64. The molecule has 1 fully saturated rings. The van der Waals surface area contributed by atoms with E-state index in [4.69, 9.17) is 9.47 Å². The van der Waals surface area contributed by atoms with Crippen molar-refractivity contribution >= 4 is 17.4 Å². The molecule has 0 bridgehead atoms. The first-order valence-corrected chi connectivity index (χ1v) is 11.8. The molecule has 2 N–H and O–H groups in total. The van der Waals surface area contributed by atoms with Gasteiger partial charge in [0.2, 0.25) is 5.88 Å². The monoisotopic (exact) mass is 495 g/mol. The summed E-state index contributed by atoms with van der Waals surface area (Å²) in [7, 11) is 0. The number of nitrogens with one attached hydrogen (secondary N) is 1. The van der Waals surface area contributed by atoms with Crippen LogP contribution in [0.3, 0.4) is 0 Å². The molecule has 10 heteroatoms. The van der Waals surface area contributed by atoms with Crippen molar-refractivity contribution in [3.63, 3.8) is 0 Å². The number of nitrogens with zero attached hydrogens (tertiary/aromatic N) is 4. The third-order valence-corrected chi connectivity index (χ3v) is 5.84. The Morgan fingerprint density at radius 1 is 1.22 bits per heavy atom. The zero-order valence-electron chi connectivity index (χ0n) is 20.6. The van der Waals surface area contributed by atoms with E-state index in [2.05, 4.69) is 25.4 Å². The van der Waals surface area contributed by atoms with Gasteiger partial charge >= 0.3 is 0 Å². The molecule has 0 unspecified atom stereocenters. The lowest BCUT2D eigenvalue weighted by Gasteiger charge is -2.28. The number of aliphatic hydroxyl groups is 1. The van der Waals surface area contributed by atoms with E-state index in [0.29, 0.717) is 37.9 Å². The van der Waals surface area contributed by atoms with Gasteiger partial charge in [0.25, 0.3) is 5.91 Å². The lowest BCUT2D eigenvalue weighted by atomic mass is 10.00. The molecule has 0 spiro atoms. The maximum absolute atomic E-state index is 14.3. The number of aliphatic hydroxyl groups excluding tert-OH is 1. The average Bonchev–Trinajstić information content (AvgIpc) is 2.88. The van der Waals surface area contributed by atoms with Crippen molar-refractivity contribution in [2.75, 3.05) is 49.7 Å². The fourth-order valence-electron chi connectivity index (χ4n) is 3.83. The van der Waals surface area contributed by atoms with Crippen LogP contribution in [-0.4, -0.2) is 65.7 Å². The molecule has 3 heterocycles. The topological polar surface area (TPSA) is 110 Å². The van der Waals surface area contributed by atoms with Crippen molar-refractivity contribution in [1.29, 1.82) is 0 Å². The van der Waals surface area contributed by atoms with E-state index in [-0.39, 0.29) is 24.5 Å². The molecule has 1 amide bonds. The van der Waals surface area contributed by atoms with Crippen molar-refractivity contribution < 1.29 is 23.8 Å². The number of benzene rings is 1. The van der Waals surface area contributed by atoms with E-state index in [0.717, 1.165) is 22.5 Å². The van der Waals surface area contributed by atoms with E-state index in [1.165, 1.54) is 26.1 Å². The molecule has 1 aromatic carbocycles. The number of aryl methyl sites for hydroxylation is 1. The highest BCUT2D eigenvalue weighted by molar-refractivity contribution is 6.03. The standard InChI is InChI=1S/C26H30FN5O4/c1-17-4-5-20(29-25(34)22-14-19(16-28-31-22)26(2,3)27)15-21(17)18-12-23(32-6-9-35-10-7-32)30-24(13-18)36-11-8-33/h4-5,12-16,33H,6-11H2,1-3H3,(H,29,34). The number of amides is 1. The van der Waals surface area contributed by atoms with Gasteiger partial charge in [-0.3, -0.25) is 4.79 Å². The van der Waals surface area contributed by atoms with Gasteiger partial charge in [-0.2, -0.15) is 10.1 Å².